The lowest BCUT2D eigenvalue weighted by Gasteiger charge is -2.20. The van der Waals surface area contributed by atoms with E-state index in [-0.39, 0.29) is 17.4 Å². The van der Waals surface area contributed by atoms with Crippen molar-refractivity contribution in [1.82, 2.24) is 9.78 Å². The summed E-state index contributed by atoms with van der Waals surface area (Å²) < 4.78 is 1.66. The lowest BCUT2D eigenvalue weighted by atomic mass is 9.88. The van der Waals surface area contributed by atoms with E-state index in [0.717, 1.165) is 22.4 Å². The number of rotatable bonds is 4. The summed E-state index contributed by atoms with van der Waals surface area (Å²) in [6, 6.07) is 19.0. The Morgan fingerprint density at radius 3 is 2.52 bits per heavy atom. The highest BCUT2D eigenvalue weighted by Gasteiger charge is 2.28. The summed E-state index contributed by atoms with van der Waals surface area (Å²) >= 11 is 6.17. The van der Waals surface area contributed by atoms with E-state index in [1.165, 1.54) is 0 Å². The molecule has 0 saturated heterocycles. The molecule has 4 aromatic rings. The summed E-state index contributed by atoms with van der Waals surface area (Å²) in [5.74, 6) is -0.795. The molecule has 1 aromatic heterocycles. The highest BCUT2D eigenvalue weighted by atomic mass is 35.5. The van der Waals surface area contributed by atoms with Gasteiger partial charge < -0.3 is 16.2 Å². The first-order chi connectivity index (χ1) is 15.9. The predicted octanol–water partition coefficient (Wildman–Crippen LogP) is 4.35. The highest BCUT2D eigenvalue weighted by molar-refractivity contribution is 6.34. The molecule has 5 rings (SSSR count). The molecular formula is C25H19ClN4O3. The molecule has 0 saturated carbocycles. The number of phenolic OH excluding ortho intramolecular Hbond substituents is 1. The highest BCUT2D eigenvalue weighted by Crippen LogP contribution is 2.38. The second-order valence-electron chi connectivity index (χ2n) is 7.77. The molecule has 0 spiro atoms. The molecular weight excluding hydrogens is 440 g/mol. The van der Waals surface area contributed by atoms with Crippen LogP contribution < -0.4 is 11.1 Å². The van der Waals surface area contributed by atoms with E-state index in [9.17, 15) is 14.7 Å². The van der Waals surface area contributed by atoms with E-state index in [1.54, 1.807) is 53.2 Å². The third-order valence-electron chi connectivity index (χ3n) is 5.70. The fraction of sp³-hybridized carbons (Fsp3) is 0.0800. The number of hydrogen-bond donors (Lipinski definition) is 3. The van der Waals surface area contributed by atoms with Gasteiger partial charge in [-0.1, -0.05) is 29.8 Å². The summed E-state index contributed by atoms with van der Waals surface area (Å²) in [6.45, 7) is 0. The van der Waals surface area contributed by atoms with Gasteiger partial charge in [0, 0.05) is 16.8 Å². The van der Waals surface area contributed by atoms with E-state index in [0.29, 0.717) is 34.8 Å². The summed E-state index contributed by atoms with van der Waals surface area (Å²) in [5.41, 5.74) is 10.9. The van der Waals surface area contributed by atoms with Gasteiger partial charge in [0.15, 0.2) is 5.69 Å². The zero-order valence-electron chi connectivity index (χ0n) is 17.4. The SMILES string of the molecule is NC(=O)c1nn(-c2ccc(O)cc2)c2c1CCc1ccc(NC(=O)c3ccccc3Cl)cc1-2. The molecule has 0 radical (unpaired) electrons. The number of nitrogens with two attached hydrogens (primary N) is 1. The van der Waals surface area contributed by atoms with Crippen LogP contribution in [0.5, 0.6) is 5.75 Å². The molecule has 0 aliphatic heterocycles. The molecule has 3 aromatic carbocycles. The van der Waals surface area contributed by atoms with Crippen LogP contribution in [-0.4, -0.2) is 26.7 Å². The number of fused-ring (bicyclic) bond motifs is 3. The third-order valence-corrected chi connectivity index (χ3v) is 6.03. The van der Waals surface area contributed by atoms with Gasteiger partial charge in [0.2, 0.25) is 0 Å². The minimum Gasteiger partial charge on any atom is -0.508 e. The van der Waals surface area contributed by atoms with Crippen molar-refractivity contribution in [2.75, 3.05) is 5.32 Å². The minimum atomic E-state index is -0.601. The molecule has 0 fully saturated rings. The molecule has 1 aliphatic rings. The van der Waals surface area contributed by atoms with Crippen LogP contribution in [0.25, 0.3) is 16.9 Å². The van der Waals surface area contributed by atoms with E-state index in [2.05, 4.69) is 10.4 Å². The first-order valence-electron chi connectivity index (χ1n) is 10.3. The van der Waals surface area contributed by atoms with Crippen LogP contribution in [0.4, 0.5) is 5.69 Å². The molecule has 8 heteroatoms. The van der Waals surface area contributed by atoms with Gasteiger partial charge >= 0.3 is 0 Å². The molecule has 164 valence electrons. The Morgan fingerprint density at radius 2 is 1.79 bits per heavy atom. The van der Waals surface area contributed by atoms with Crippen LogP contribution in [0.3, 0.4) is 0 Å². The monoisotopic (exact) mass is 458 g/mol. The van der Waals surface area contributed by atoms with Gasteiger partial charge in [-0.2, -0.15) is 5.10 Å². The number of hydrogen-bond acceptors (Lipinski definition) is 4. The molecule has 33 heavy (non-hydrogen) atoms. The molecule has 0 unspecified atom stereocenters. The number of primary amides is 1. The maximum absolute atomic E-state index is 12.8. The number of aromatic nitrogens is 2. The number of phenols is 1. The maximum Gasteiger partial charge on any atom is 0.269 e. The Labute approximate surface area is 194 Å². The Bertz CT molecular complexity index is 1410. The van der Waals surface area contributed by atoms with Gasteiger partial charge in [0.1, 0.15) is 5.75 Å². The van der Waals surface area contributed by atoms with Crippen molar-refractivity contribution in [2.24, 2.45) is 5.73 Å². The zero-order chi connectivity index (χ0) is 23.1. The zero-order valence-corrected chi connectivity index (χ0v) is 18.1. The number of carbonyl (C=O) groups is 2. The van der Waals surface area contributed by atoms with E-state index in [1.807, 2.05) is 18.2 Å². The van der Waals surface area contributed by atoms with Crippen LogP contribution in [0.1, 0.15) is 32.0 Å². The molecule has 7 nitrogen and oxygen atoms in total. The van der Waals surface area contributed by atoms with Crippen molar-refractivity contribution in [3.63, 3.8) is 0 Å². The smallest absolute Gasteiger partial charge is 0.269 e. The first-order valence-corrected chi connectivity index (χ1v) is 10.7. The molecule has 1 heterocycles. The van der Waals surface area contributed by atoms with Gasteiger partial charge in [0.25, 0.3) is 11.8 Å². The normalized spacial score (nSPS) is 12.0. The summed E-state index contributed by atoms with van der Waals surface area (Å²) in [6.07, 6.45) is 1.33. The molecule has 1 aliphatic carbocycles. The molecule has 0 atom stereocenters. The van der Waals surface area contributed by atoms with Gasteiger partial charge in [-0.25, -0.2) is 4.68 Å². The lowest BCUT2D eigenvalue weighted by molar-refractivity contribution is 0.0992. The lowest BCUT2D eigenvalue weighted by Crippen LogP contribution is -2.15. The number of aryl methyl sites for hydroxylation is 1. The minimum absolute atomic E-state index is 0.125. The Hall–Kier alpha value is -4.10. The number of amides is 2. The Morgan fingerprint density at radius 1 is 1.03 bits per heavy atom. The number of benzene rings is 3. The number of halogens is 1. The maximum atomic E-state index is 12.8. The Balaban J connectivity index is 1.61. The van der Waals surface area contributed by atoms with Gasteiger partial charge in [-0.3, -0.25) is 9.59 Å². The van der Waals surface area contributed by atoms with Crippen molar-refractivity contribution < 1.29 is 14.7 Å². The van der Waals surface area contributed by atoms with Crippen molar-refractivity contribution in [2.45, 2.75) is 12.8 Å². The fourth-order valence-electron chi connectivity index (χ4n) is 4.14. The average molecular weight is 459 g/mol. The second kappa shape index (κ2) is 8.11. The van der Waals surface area contributed by atoms with Crippen LogP contribution in [0, 0.1) is 0 Å². The summed E-state index contributed by atoms with van der Waals surface area (Å²) in [4.78, 5) is 24.9. The van der Waals surface area contributed by atoms with Gasteiger partial charge in [0.05, 0.1) is 22.0 Å². The number of anilines is 1. The van der Waals surface area contributed by atoms with Crippen LogP contribution in [0.2, 0.25) is 5.02 Å². The topological polar surface area (TPSA) is 110 Å². The third kappa shape index (κ3) is 3.72. The van der Waals surface area contributed by atoms with Crippen LogP contribution in [-0.2, 0) is 12.8 Å². The van der Waals surface area contributed by atoms with Crippen LogP contribution in [0.15, 0.2) is 66.7 Å². The average Bonchev–Trinajstić information content (AvgIpc) is 3.20. The quantitative estimate of drug-likeness (QED) is 0.422. The molecule has 2 amide bonds. The molecule has 4 N–H and O–H groups in total. The molecule has 0 bridgehead atoms. The van der Waals surface area contributed by atoms with Crippen LogP contribution >= 0.6 is 11.6 Å². The predicted molar refractivity (Wildman–Crippen MR) is 126 cm³/mol. The van der Waals surface area contributed by atoms with Crippen molar-refractivity contribution in [3.05, 3.63) is 94.1 Å². The van der Waals surface area contributed by atoms with Gasteiger partial charge in [-0.15, -0.1) is 0 Å². The summed E-state index contributed by atoms with van der Waals surface area (Å²) in [7, 11) is 0. The van der Waals surface area contributed by atoms with E-state index < -0.39 is 5.91 Å². The Kier molecular flexibility index (Phi) is 5.11. The van der Waals surface area contributed by atoms with E-state index >= 15 is 0 Å². The fourth-order valence-corrected chi connectivity index (χ4v) is 4.36. The van der Waals surface area contributed by atoms with Crippen molar-refractivity contribution >= 4 is 29.1 Å². The number of nitrogens with zero attached hydrogens (tertiary/aromatic N) is 2. The number of carbonyl (C=O) groups excluding carboxylic acids is 2. The van der Waals surface area contributed by atoms with Crippen molar-refractivity contribution in [3.8, 4) is 22.7 Å². The first kappa shape index (κ1) is 20.8. The standard InChI is InChI=1S/C25H19ClN4O3/c26-21-4-2-1-3-18(21)25(33)28-15-7-5-14-6-12-19-22(24(27)32)29-30(23(19)20(14)13-15)16-8-10-17(31)11-9-16/h1-5,7-11,13,31H,6,12H2,(H2,27,32)(H,28,33). The largest absolute Gasteiger partial charge is 0.508 e. The number of nitrogens with one attached hydrogen (secondary N) is 1. The van der Waals surface area contributed by atoms with Gasteiger partial charge in [-0.05, 0) is 66.9 Å². The van der Waals surface area contributed by atoms with E-state index in [4.69, 9.17) is 17.3 Å². The summed E-state index contributed by atoms with van der Waals surface area (Å²) in [5, 5.41) is 17.4. The number of aromatic hydroxyl groups is 1. The van der Waals surface area contributed by atoms with Crippen molar-refractivity contribution in [1.29, 1.82) is 0 Å². The second-order valence-corrected chi connectivity index (χ2v) is 8.18.